The Balaban J connectivity index is -0.000000367. The van der Waals surface area contributed by atoms with Crippen LogP contribution in [-0.4, -0.2) is 49.4 Å². The molecule has 0 atom stereocenters. The minimum absolute atomic E-state index is 1.11. The van der Waals surface area contributed by atoms with Gasteiger partial charge < -0.3 is 13.9 Å². The molecular formula is C23H59N3Si6Ti. The fourth-order valence-electron chi connectivity index (χ4n) is 3.47. The Labute approximate surface area is 228 Å². The van der Waals surface area contributed by atoms with E-state index in [0.717, 1.165) is 0 Å². The normalized spacial score (nSPS) is 14.8. The molecule has 0 unspecified atom stereocenters. The molecule has 1 aliphatic rings. The SMILES string of the molecule is C[Si](C)(C)[N-][Si](C)(C)C.C[Si](C)(C)[N-][Si](C)(C)C.C[Si](C)(C)[N-][Si](C)(C)C.[Ti+3][C]1=CC=CC1. The third-order valence-electron chi connectivity index (χ3n) is 2.78. The molecule has 3 nitrogen and oxygen atoms in total. The number of allylic oxidation sites excluding steroid dienone is 4. The molecule has 0 saturated heterocycles. The van der Waals surface area contributed by atoms with Gasteiger partial charge in [-0.15, -0.1) is 0 Å². The van der Waals surface area contributed by atoms with Crippen molar-refractivity contribution in [2.75, 3.05) is 0 Å². The van der Waals surface area contributed by atoms with Gasteiger partial charge in [-0.05, 0) is 0 Å². The molecule has 0 N–H and O–H groups in total. The van der Waals surface area contributed by atoms with Crippen LogP contribution in [0, 0.1) is 0 Å². The number of rotatable bonds is 6. The predicted molar refractivity (Wildman–Crippen MR) is 172 cm³/mol. The van der Waals surface area contributed by atoms with E-state index in [1.54, 1.807) is 0 Å². The summed E-state index contributed by atoms with van der Waals surface area (Å²) in [6.45, 7) is 41.3. The average molecular weight is 594 g/mol. The Bertz CT molecular complexity index is 484. The summed E-state index contributed by atoms with van der Waals surface area (Å²) in [5.74, 6) is 0. The van der Waals surface area contributed by atoms with Gasteiger partial charge in [0.05, 0.1) is 0 Å². The quantitative estimate of drug-likeness (QED) is 0.275. The Morgan fingerprint density at radius 3 is 0.727 bits per heavy atom. The molecule has 0 bridgehead atoms. The Hall–Kier alpha value is 1.38. The van der Waals surface area contributed by atoms with Crippen molar-refractivity contribution in [1.29, 1.82) is 0 Å². The van der Waals surface area contributed by atoms with Gasteiger partial charge in [0.2, 0.25) is 0 Å². The fraction of sp³-hybridized carbons (Fsp3) is 0.826. The van der Waals surface area contributed by atoms with Gasteiger partial charge >= 0.3 is 49.0 Å². The van der Waals surface area contributed by atoms with Crippen LogP contribution in [0.25, 0.3) is 13.9 Å². The molecule has 0 fully saturated rings. The van der Waals surface area contributed by atoms with Crippen molar-refractivity contribution in [2.24, 2.45) is 0 Å². The van der Waals surface area contributed by atoms with Gasteiger partial charge in [-0.25, -0.2) is 0 Å². The van der Waals surface area contributed by atoms with Crippen molar-refractivity contribution in [3.8, 4) is 0 Å². The third-order valence-corrected chi connectivity index (χ3v) is 19.5. The fourth-order valence-corrected chi connectivity index (χ4v) is 27.9. The van der Waals surface area contributed by atoms with E-state index < -0.39 is 49.4 Å². The molecule has 0 spiro atoms. The van der Waals surface area contributed by atoms with Crippen molar-refractivity contribution in [3.05, 3.63) is 36.0 Å². The molecule has 0 heterocycles. The standard InChI is InChI=1S/3C6H18NSi2.C5H5.Ti/c3*1-8(2,3)7-9(4,5)6;1-2-4-5-3-1;/h3*1-6H3;1-3H,4H2;/q3*-1;;+3. The van der Waals surface area contributed by atoms with E-state index in [9.17, 15) is 0 Å². The van der Waals surface area contributed by atoms with Crippen LogP contribution in [0.15, 0.2) is 22.1 Å². The molecular weight excluding hydrogens is 535 g/mol. The van der Waals surface area contributed by atoms with Crippen LogP contribution in [0.5, 0.6) is 0 Å². The van der Waals surface area contributed by atoms with E-state index in [4.69, 9.17) is 13.9 Å². The van der Waals surface area contributed by atoms with Gasteiger partial charge in [-0.1, -0.05) is 167 Å². The van der Waals surface area contributed by atoms with Crippen LogP contribution in [0.3, 0.4) is 0 Å². The van der Waals surface area contributed by atoms with Crippen LogP contribution in [0.4, 0.5) is 0 Å². The summed E-state index contributed by atoms with van der Waals surface area (Å²) >= 11 is 2.14. The molecule has 0 amide bonds. The molecule has 1 aliphatic carbocycles. The van der Waals surface area contributed by atoms with E-state index >= 15 is 0 Å². The predicted octanol–water partition coefficient (Wildman–Crippen LogP) is 10.5. The van der Waals surface area contributed by atoms with Crippen LogP contribution in [-0.2, 0) is 20.4 Å². The molecule has 10 heteroatoms. The van der Waals surface area contributed by atoms with Gasteiger partial charge in [-0.3, -0.25) is 0 Å². The molecule has 0 radical (unpaired) electrons. The maximum atomic E-state index is 4.82. The van der Waals surface area contributed by atoms with Gasteiger partial charge in [0, 0.05) is 0 Å². The number of hydrogen-bond acceptors (Lipinski definition) is 0. The third kappa shape index (κ3) is 47.2. The number of hydrogen-bond donors (Lipinski definition) is 0. The van der Waals surface area contributed by atoms with E-state index in [-0.39, 0.29) is 0 Å². The zero-order valence-corrected chi connectivity index (χ0v) is 33.3. The van der Waals surface area contributed by atoms with Crippen LogP contribution in [0.1, 0.15) is 6.42 Å². The molecule has 0 aromatic heterocycles. The van der Waals surface area contributed by atoms with Crippen molar-refractivity contribution >= 4 is 49.4 Å². The van der Waals surface area contributed by atoms with E-state index in [1.165, 1.54) is 10.3 Å². The van der Waals surface area contributed by atoms with Crippen LogP contribution >= 0.6 is 0 Å². The van der Waals surface area contributed by atoms with Gasteiger partial charge in [0.25, 0.3) is 0 Å². The second-order valence-corrected chi connectivity index (χ2v) is 44.4. The molecule has 1 rings (SSSR count). The Morgan fingerprint density at radius 2 is 0.697 bits per heavy atom. The molecule has 33 heavy (non-hydrogen) atoms. The van der Waals surface area contributed by atoms with Gasteiger partial charge in [0.15, 0.2) is 0 Å². The molecule has 0 aromatic carbocycles. The topological polar surface area (TPSA) is 42.3 Å². The Kier molecular flexibility index (Phi) is 18.4. The summed E-state index contributed by atoms with van der Waals surface area (Å²) in [4.78, 5) is 0. The minimum atomic E-state index is -1.11. The molecule has 194 valence electrons. The van der Waals surface area contributed by atoms with Gasteiger partial charge in [-0.2, -0.15) is 0 Å². The first-order valence-electron chi connectivity index (χ1n) is 12.3. The molecule has 0 aliphatic heterocycles. The zero-order valence-electron chi connectivity index (χ0n) is 25.8. The van der Waals surface area contributed by atoms with Crippen molar-refractivity contribution in [3.63, 3.8) is 0 Å². The number of nitrogens with zero attached hydrogens (tertiary/aromatic N) is 3. The van der Waals surface area contributed by atoms with Crippen molar-refractivity contribution in [1.82, 2.24) is 0 Å². The first-order chi connectivity index (χ1) is 14.0. The maximum absolute atomic E-state index is 4.82. The van der Waals surface area contributed by atoms with Crippen molar-refractivity contribution in [2.45, 2.75) is 124 Å². The van der Waals surface area contributed by atoms with Crippen LogP contribution in [0.2, 0.25) is 118 Å². The summed E-state index contributed by atoms with van der Waals surface area (Å²) in [5, 5.41) is 0. The Morgan fingerprint density at radius 1 is 0.485 bits per heavy atom. The van der Waals surface area contributed by atoms with E-state index in [0.29, 0.717) is 0 Å². The first kappa shape index (κ1) is 38.9. The summed E-state index contributed by atoms with van der Waals surface area (Å²) < 4.78 is 15.9. The van der Waals surface area contributed by atoms with Crippen LogP contribution < -0.4 is 0 Å². The van der Waals surface area contributed by atoms with E-state index in [2.05, 4.69) is 157 Å². The molecule has 0 saturated carbocycles. The summed E-state index contributed by atoms with van der Waals surface area (Å²) in [7, 11) is -6.64. The second kappa shape index (κ2) is 15.6. The first-order valence-corrected chi connectivity index (χ1v) is 33.8. The molecule has 0 aromatic rings. The average Bonchev–Trinajstić information content (AvgIpc) is 2.77. The summed E-state index contributed by atoms with van der Waals surface area (Å²) in [6, 6.07) is 0. The second-order valence-electron chi connectivity index (χ2n) is 14.7. The zero-order chi connectivity index (χ0) is 27.5. The summed E-state index contributed by atoms with van der Waals surface area (Å²) in [5.41, 5.74) is 0. The van der Waals surface area contributed by atoms with E-state index in [1.807, 2.05) is 0 Å². The van der Waals surface area contributed by atoms with Gasteiger partial charge in [0.1, 0.15) is 0 Å². The van der Waals surface area contributed by atoms with Crippen molar-refractivity contribution < 1.29 is 20.4 Å². The summed E-state index contributed by atoms with van der Waals surface area (Å²) in [6.07, 6.45) is 7.56. The monoisotopic (exact) mass is 593 g/mol.